The molecule has 0 saturated carbocycles. The Morgan fingerprint density at radius 1 is 0.571 bits per heavy atom. The Labute approximate surface area is 246 Å². The van der Waals surface area contributed by atoms with E-state index in [-0.39, 0.29) is 5.41 Å². The summed E-state index contributed by atoms with van der Waals surface area (Å²) in [6, 6.07) is 44.7. The highest BCUT2D eigenvalue weighted by Crippen LogP contribution is 2.66. The second-order valence-electron chi connectivity index (χ2n) is 11.3. The Morgan fingerprint density at radius 3 is 2.24 bits per heavy atom. The maximum absolute atomic E-state index is 5.25. The van der Waals surface area contributed by atoms with E-state index in [4.69, 9.17) is 4.98 Å². The number of hydrogen-bond donors (Lipinski definition) is 0. The van der Waals surface area contributed by atoms with E-state index in [1.165, 1.54) is 53.9 Å². The zero-order chi connectivity index (χ0) is 27.4. The molecular formula is C39H22N2S. The summed E-state index contributed by atoms with van der Waals surface area (Å²) in [5, 5.41) is 4.72. The number of hydrogen-bond acceptors (Lipinski definition) is 3. The van der Waals surface area contributed by atoms with Gasteiger partial charge in [-0.25, -0.2) is 4.98 Å². The Balaban J connectivity index is 1.30. The first-order valence-electron chi connectivity index (χ1n) is 14.3. The number of rotatable bonds is 1. The highest BCUT2D eigenvalue weighted by Gasteiger charge is 2.53. The standard InChI is InChI=1S/C39H22N2S/c1-4-10-31-26(7-1)27-17-15-25(34-18-16-24-14-13-23-19-20-40-22-30(23)37(24)41-34)21-33(27)39(31)32-11-5-2-8-28(32)36-29-9-3-6-12-35(29)42-38(36)39/h1-22H. The molecule has 0 amide bonds. The summed E-state index contributed by atoms with van der Waals surface area (Å²) in [4.78, 5) is 11.1. The largest absolute Gasteiger partial charge is 0.264 e. The first-order chi connectivity index (χ1) is 20.8. The normalized spacial score (nSPS) is 16.2. The molecule has 3 heterocycles. The minimum absolute atomic E-state index is 0.356. The molecule has 3 heteroatoms. The van der Waals surface area contributed by atoms with Crippen molar-refractivity contribution in [2.24, 2.45) is 0 Å². The summed E-state index contributed by atoms with van der Waals surface area (Å²) in [5.74, 6) is 0. The fraction of sp³-hybridized carbons (Fsp3) is 0.0256. The average molecular weight is 551 g/mol. The summed E-state index contributed by atoms with van der Waals surface area (Å²) in [6.07, 6.45) is 3.78. The number of benzene rings is 5. The van der Waals surface area contributed by atoms with Gasteiger partial charge < -0.3 is 0 Å². The molecule has 0 saturated heterocycles. The minimum Gasteiger partial charge on any atom is -0.264 e. The van der Waals surface area contributed by atoms with Crippen LogP contribution in [0.1, 0.15) is 21.6 Å². The van der Waals surface area contributed by atoms with Crippen molar-refractivity contribution in [2.45, 2.75) is 5.41 Å². The van der Waals surface area contributed by atoms with Crippen molar-refractivity contribution in [3.63, 3.8) is 0 Å². The van der Waals surface area contributed by atoms with E-state index < -0.39 is 0 Å². The zero-order valence-electron chi connectivity index (χ0n) is 22.5. The Kier molecular flexibility index (Phi) is 4.29. The molecule has 0 radical (unpaired) electrons. The molecule has 5 aromatic carbocycles. The summed E-state index contributed by atoms with van der Waals surface area (Å²) >= 11 is 1.95. The lowest BCUT2D eigenvalue weighted by molar-refractivity contribution is 0.812. The van der Waals surface area contributed by atoms with Gasteiger partial charge in [0, 0.05) is 49.3 Å². The van der Waals surface area contributed by atoms with Crippen LogP contribution in [-0.4, -0.2) is 9.97 Å². The molecule has 1 spiro atoms. The lowest BCUT2D eigenvalue weighted by Crippen LogP contribution is -2.24. The van der Waals surface area contributed by atoms with Gasteiger partial charge in [-0.2, -0.15) is 0 Å². The summed E-state index contributed by atoms with van der Waals surface area (Å²) in [6.45, 7) is 0. The van der Waals surface area contributed by atoms with E-state index in [1.54, 1.807) is 0 Å². The molecule has 0 bridgehead atoms. The summed E-state index contributed by atoms with van der Waals surface area (Å²) in [7, 11) is 0. The molecular weight excluding hydrogens is 529 g/mol. The van der Waals surface area contributed by atoms with Crippen LogP contribution in [0.5, 0.6) is 0 Å². The van der Waals surface area contributed by atoms with Gasteiger partial charge in [-0.1, -0.05) is 97.1 Å². The molecule has 1 unspecified atom stereocenters. The highest BCUT2D eigenvalue weighted by atomic mass is 32.1. The lowest BCUT2D eigenvalue weighted by atomic mass is 9.73. The van der Waals surface area contributed by atoms with Crippen LogP contribution in [0.3, 0.4) is 0 Å². The maximum atomic E-state index is 5.25. The topological polar surface area (TPSA) is 25.8 Å². The molecule has 2 aliphatic rings. The fourth-order valence-electron chi connectivity index (χ4n) is 7.61. The molecule has 0 fully saturated rings. The molecule has 8 aromatic rings. The van der Waals surface area contributed by atoms with E-state index in [0.29, 0.717) is 0 Å². The van der Waals surface area contributed by atoms with E-state index in [0.717, 1.165) is 32.9 Å². The predicted molar refractivity (Wildman–Crippen MR) is 174 cm³/mol. The molecule has 2 aliphatic carbocycles. The highest BCUT2D eigenvalue weighted by molar-refractivity contribution is 7.20. The van der Waals surface area contributed by atoms with Gasteiger partial charge in [0.1, 0.15) is 0 Å². The quantitative estimate of drug-likeness (QED) is 0.190. The van der Waals surface area contributed by atoms with Crippen molar-refractivity contribution < 1.29 is 0 Å². The van der Waals surface area contributed by atoms with Gasteiger partial charge in [-0.05, 0) is 63.0 Å². The molecule has 0 N–H and O–H groups in total. The molecule has 10 rings (SSSR count). The van der Waals surface area contributed by atoms with E-state index in [1.807, 2.05) is 23.7 Å². The fourth-order valence-corrected chi connectivity index (χ4v) is 9.06. The molecule has 2 nitrogen and oxygen atoms in total. The number of aromatic nitrogens is 2. The van der Waals surface area contributed by atoms with Crippen LogP contribution in [-0.2, 0) is 5.41 Å². The maximum Gasteiger partial charge on any atom is 0.0819 e. The van der Waals surface area contributed by atoms with Gasteiger partial charge in [0.2, 0.25) is 0 Å². The first-order valence-corrected chi connectivity index (χ1v) is 15.1. The number of pyridine rings is 2. The Hall–Kier alpha value is -5.12. The van der Waals surface area contributed by atoms with Crippen LogP contribution < -0.4 is 0 Å². The molecule has 194 valence electrons. The lowest BCUT2D eigenvalue weighted by Gasteiger charge is -2.29. The number of nitrogens with zero attached hydrogens (tertiary/aromatic N) is 2. The van der Waals surface area contributed by atoms with Crippen LogP contribution in [0.2, 0.25) is 0 Å². The van der Waals surface area contributed by atoms with Crippen LogP contribution >= 0.6 is 11.3 Å². The van der Waals surface area contributed by atoms with Crippen LogP contribution in [0, 0.1) is 0 Å². The second-order valence-corrected chi connectivity index (χ2v) is 12.4. The summed E-state index contributed by atoms with van der Waals surface area (Å²) in [5.41, 5.74) is 12.2. The van der Waals surface area contributed by atoms with Crippen LogP contribution in [0.25, 0.3) is 65.3 Å². The second kappa shape index (κ2) is 8.00. The number of fused-ring (bicyclic) bond motifs is 15. The smallest absolute Gasteiger partial charge is 0.0819 e. The molecule has 1 atom stereocenters. The third-order valence-electron chi connectivity index (χ3n) is 9.36. The molecule has 0 aliphatic heterocycles. The molecule has 42 heavy (non-hydrogen) atoms. The van der Waals surface area contributed by atoms with Crippen molar-refractivity contribution in [3.8, 4) is 33.5 Å². The van der Waals surface area contributed by atoms with Crippen molar-refractivity contribution >= 4 is 43.1 Å². The van der Waals surface area contributed by atoms with Gasteiger partial charge in [-0.15, -0.1) is 11.3 Å². The van der Waals surface area contributed by atoms with Crippen molar-refractivity contribution in [3.05, 3.63) is 155 Å². The zero-order valence-corrected chi connectivity index (χ0v) is 23.3. The first kappa shape index (κ1) is 22.6. The molecule has 3 aromatic heterocycles. The summed E-state index contributed by atoms with van der Waals surface area (Å²) < 4.78 is 1.34. The van der Waals surface area contributed by atoms with Crippen LogP contribution in [0.15, 0.2) is 134 Å². The van der Waals surface area contributed by atoms with Gasteiger partial charge in [0.05, 0.1) is 16.6 Å². The van der Waals surface area contributed by atoms with Crippen molar-refractivity contribution in [1.29, 1.82) is 0 Å². The van der Waals surface area contributed by atoms with E-state index in [2.05, 4.69) is 126 Å². The third-order valence-corrected chi connectivity index (χ3v) is 10.6. The van der Waals surface area contributed by atoms with Crippen LogP contribution in [0.4, 0.5) is 0 Å². The monoisotopic (exact) mass is 550 g/mol. The predicted octanol–water partition coefficient (Wildman–Crippen LogP) is 10.0. The average Bonchev–Trinajstić information content (AvgIpc) is 3.68. The van der Waals surface area contributed by atoms with Gasteiger partial charge in [0.15, 0.2) is 0 Å². The van der Waals surface area contributed by atoms with Crippen molar-refractivity contribution in [1.82, 2.24) is 9.97 Å². The number of thiophene rings is 1. The Morgan fingerprint density at radius 2 is 1.31 bits per heavy atom. The van der Waals surface area contributed by atoms with Gasteiger partial charge in [0.25, 0.3) is 0 Å². The van der Waals surface area contributed by atoms with Crippen molar-refractivity contribution in [2.75, 3.05) is 0 Å². The van der Waals surface area contributed by atoms with E-state index >= 15 is 0 Å². The SMILES string of the molecule is c1ccc2c(c1)-c1ccc(-c3ccc4ccc5ccncc5c4n3)cc1C21c2ccccc2-c2c1sc1ccccc21. The van der Waals surface area contributed by atoms with E-state index in [9.17, 15) is 0 Å². The third kappa shape index (κ3) is 2.70. The Bertz CT molecular complexity index is 2430. The van der Waals surface area contributed by atoms with Gasteiger partial charge in [-0.3, -0.25) is 4.98 Å². The van der Waals surface area contributed by atoms with Gasteiger partial charge >= 0.3 is 0 Å². The minimum atomic E-state index is -0.356.